The van der Waals surface area contributed by atoms with Gasteiger partial charge in [-0.3, -0.25) is 9.69 Å². The Balaban J connectivity index is 1.91. The number of amides is 1. The molecule has 2 unspecified atom stereocenters. The number of rotatable bonds is 10. The van der Waals surface area contributed by atoms with E-state index in [0.717, 1.165) is 58.0 Å². The first-order valence-electron chi connectivity index (χ1n) is 8.42. The lowest BCUT2D eigenvalue weighted by atomic mass is 9.83. The fourth-order valence-electron chi connectivity index (χ4n) is 3.88. The van der Waals surface area contributed by atoms with Gasteiger partial charge in [-0.2, -0.15) is 0 Å². The highest BCUT2D eigenvalue weighted by molar-refractivity contribution is 5.85. The zero-order valence-corrected chi connectivity index (χ0v) is 13.6. The molecule has 0 aromatic carbocycles. The Labute approximate surface area is 128 Å². The Bertz CT molecular complexity index is 346. The van der Waals surface area contributed by atoms with Crippen LogP contribution in [0.15, 0.2) is 0 Å². The highest BCUT2D eigenvalue weighted by atomic mass is 16.5. The summed E-state index contributed by atoms with van der Waals surface area (Å²) in [6, 6.07) is 0.740. The van der Waals surface area contributed by atoms with Gasteiger partial charge in [0.1, 0.15) is 5.54 Å². The quantitative estimate of drug-likeness (QED) is 0.634. The van der Waals surface area contributed by atoms with Gasteiger partial charge in [0, 0.05) is 19.7 Å². The topological polar surface area (TPSA) is 67.6 Å². The van der Waals surface area contributed by atoms with Gasteiger partial charge in [-0.25, -0.2) is 0 Å². The second-order valence-corrected chi connectivity index (χ2v) is 6.50. The standard InChI is InChI=1S/C16H31N3O2/c1-3-18-16(15(17)20)9-4-5-13(16)8-10-19(11-12-21-2)14-6-7-14/h13-14,18H,3-12H2,1-2H3,(H2,17,20). The van der Waals surface area contributed by atoms with Crippen molar-refractivity contribution in [2.24, 2.45) is 11.7 Å². The molecule has 122 valence electrons. The van der Waals surface area contributed by atoms with E-state index in [1.165, 1.54) is 12.8 Å². The van der Waals surface area contributed by atoms with Crippen LogP contribution in [0.2, 0.25) is 0 Å². The average molecular weight is 297 g/mol. The third-order valence-electron chi connectivity index (χ3n) is 5.16. The van der Waals surface area contributed by atoms with Crippen LogP contribution in [-0.2, 0) is 9.53 Å². The third-order valence-corrected chi connectivity index (χ3v) is 5.16. The number of hydrogen-bond donors (Lipinski definition) is 2. The molecule has 3 N–H and O–H groups in total. The van der Waals surface area contributed by atoms with Crippen LogP contribution in [0.4, 0.5) is 0 Å². The van der Waals surface area contributed by atoms with E-state index in [0.29, 0.717) is 5.92 Å². The molecule has 2 fully saturated rings. The number of carbonyl (C=O) groups excluding carboxylic acids is 1. The lowest BCUT2D eigenvalue weighted by Crippen LogP contribution is -2.58. The van der Waals surface area contributed by atoms with Gasteiger partial charge >= 0.3 is 0 Å². The fourth-order valence-corrected chi connectivity index (χ4v) is 3.88. The van der Waals surface area contributed by atoms with Gasteiger partial charge in [0.15, 0.2) is 0 Å². The van der Waals surface area contributed by atoms with Gasteiger partial charge in [-0.1, -0.05) is 13.3 Å². The van der Waals surface area contributed by atoms with Gasteiger partial charge in [0.25, 0.3) is 0 Å². The van der Waals surface area contributed by atoms with Crippen molar-refractivity contribution in [1.29, 1.82) is 0 Å². The molecule has 0 heterocycles. The van der Waals surface area contributed by atoms with Crippen LogP contribution in [0.3, 0.4) is 0 Å². The van der Waals surface area contributed by atoms with Crippen LogP contribution in [0.1, 0.15) is 45.4 Å². The summed E-state index contributed by atoms with van der Waals surface area (Å²) in [4.78, 5) is 14.5. The van der Waals surface area contributed by atoms with E-state index in [2.05, 4.69) is 17.1 Å². The Morgan fingerprint density at radius 2 is 2.14 bits per heavy atom. The van der Waals surface area contributed by atoms with Crippen molar-refractivity contribution in [2.45, 2.75) is 57.0 Å². The van der Waals surface area contributed by atoms with Crippen LogP contribution in [-0.4, -0.2) is 55.7 Å². The molecule has 1 amide bonds. The van der Waals surface area contributed by atoms with Crippen molar-refractivity contribution < 1.29 is 9.53 Å². The maximum Gasteiger partial charge on any atom is 0.238 e. The summed E-state index contributed by atoms with van der Waals surface area (Å²) >= 11 is 0. The zero-order valence-electron chi connectivity index (χ0n) is 13.6. The normalized spacial score (nSPS) is 29.2. The van der Waals surface area contributed by atoms with E-state index in [-0.39, 0.29) is 5.91 Å². The van der Waals surface area contributed by atoms with E-state index >= 15 is 0 Å². The molecule has 0 radical (unpaired) electrons. The van der Waals surface area contributed by atoms with Crippen LogP contribution in [0.5, 0.6) is 0 Å². The first-order chi connectivity index (χ1) is 10.1. The van der Waals surface area contributed by atoms with Crippen molar-refractivity contribution in [3.05, 3.63) is 0 Å². The molecule has 2 atom stereocenters. The van der Waals surface area contributed by atoms with Crippen LogP contribution >= 0.6 is 0 Å². The number of hydrogen-bond acceptors (Lipinski definition) is 4. The number of primary amides is 1. The molecular weight excluding hydrogens is 266 g/mol. The lowest BCUT2D eigenvalue weighted by Gasteiger charge is -2.34. The number of ether oxygens (including phenoxy) is 1. The van der Waals surface area contributed by atoms with E-state index < -0.39 is 5.54 Å². The van der Waals surface area contributed by atoms with E-state index in [9.17, 15) is 4.79 Å². The van der Waals surface area contributed by atoms with Gasteiger partial charge in [-0.05, 0) is 51.1 Å². The molecule has 0 bridgehead atoms. The summed E-state index contributed by atoms with van der Waals surface area (Å²) in [5, 5.41) is 3.40. The molecule has 0 aromatic rings. The van der Waals surface area contributed by atoms with Crippen molar-refractivity contribution >= 4 is 5.91 Å². The van der Waals surface area contributed by atoms with E-state index in [1.54, 1.807) is 7.11 Å². The first kappa shape index (κ1) is 16.7. The van der Waals surface area contributed by atoms with Crippen LogP contribution in [0, 0.1) is 5.92 Å². The van der Waals surface area contributed by atoms with Gasteiger partial charge in [-0.15, -0.1) is 0 Å². The van der Waals surface area contributed by atoms with Crippen LogP contribution in [0.25, 0.3) is 0 Å². The molecular formula is C16H31N3O2. The molecule has 0 saturated heterocycles. The SMILES string of the molecule is CCNC1(C(N)=O)CCCC1CCN(CCOC)C1CC1. The Morgan fingerprint density at radius 3 is 2.71 bits per heavy atom. The monoisotopic (exact) mass is 297 g/mol. The molecule has 5 heteroatoms. The van der Waals surface area contributed by atoms with E-state index in [4.69, 9.17) is 10.5 Å². The largest absolute Gasteiger partial charge is 0.383 e. The minimum atomic E-state index is -0.467. The number of nitrogens with zero attached hydrogens (tertiary/aromatic N) is 1. The minimum Gasteiger partial charge on any atom is -0.383 e. The molecule has 21 heavy (non-hydrogen) atoms. The molecule has 5 nitrogen and oxygen atoms in total. The smallest absolute Gasteiger partial charge is 0.238 e. The first-order valence-corrected chi connectivity index (χ1v) is 8.42. The van der Waals surface area contributed by atoms with Crippen molar-refractivity contribution in [3.8, 4) is 0 Å². The predicted octanol–water partition coefficient (Wildman–Crippen LogP) is 1.12. The second kappa shape index (κ2) is 7.56. The minimum absolute atomic E-state index is 0.165. The Hall–Kier alpha value is -0.650. The van der Waals surface area contributed by atoms with Crippen molar-refractivity contribution in [2.75, 3.05) is 33.4 Å². The molecule has 2 rings (SSSR count). The van der Waals surface area contributed by atoms with Crippen LogP contribution < -0.4 is 11.1 Å². The fraction of sp³-hybridized carbons (Fsp3) is 0.938. The zero-order chi connectivity index (χ0) is 15.3. The molecule has 0 aromatic heterocycles. The van der Waals surface area contributed by atoms with Gasteiger partial charge in [0.2, 0.25) is 5.91 Å². The molecule has 2 aliphatic carbocycles. The van der Waals surface area contributed by atoms with Crippen molar-refractivity contribution in [3.63, 3.8) is 0 Å². The molecule has 0 spiro atoms. The maximum absolute atomic E-state index is 12.0. The Morgan fingerprint density at radius 1 is 1.38 bits per heavy atom. The predicted molar refractivity (Wildman–Crippen MR) is 84.0 cm³/mol. The summed E-state index contributed by atoms with van der Waals surface area (Å²) in [7, 11) is 1.76. The Kier molecular flexibility index (Phi) is 6.02. The summed E-state index contributed by atoms with van der Waals surface area (Å²) in [6.07, 6.45) is 6.77. The summed E-state index contributed by atoms with van der Waals surface area (Å²) in [5.41, 5.74) is 5.27. The highest BCUT2D eigenvalue weighted by Gasteiger charge is 2.47. The third kappa shape index (κ3) is 3.96. The summed E-state index contributed by atoms with van der Waals surface area (Å²) in [5.74, 6) is 0.209. The van der Waals surface area contributed by atoms with Gasteiger partial charge in [0.05, 0.1) is 6.61 Å². The number of carbonyl (C=O) groups is 1. The number of nitrogens with two attached hydrogens (primary N) is 1. The number of nitrogens with one attached hydrogen (secondary N) is 1. The summed E-state index contributed by atoms with van der Waals surface area (Å²) < 4.78 is 5.21. The molecule has 0 aliphatic heterocycles. The maximum atomic E-state index is 12.0. The highest BCUT2D eigenvalue weighted by Crippen LogP contribution is 2.38. The molecule has 2 aliphatic rings. The van der Waals surface area contributed by atoms with E-state index in [1.807, 2.05) is 0 Å². The summed E-state index contributed by atoms with van der Waals surface area (Å²) in [6.45, 7) is 5.69. The van der Waals surface area contributed by atoms with Gasteiger partial charge < -0.3 is 15.8 Å². The van der Waals surface area contributed by atoms with Crippen molar-refractivity contribution in [1.82, 2.24) is 10.2 Å². The number of likely N-dealkylation sites (N-methyl/N-ethyl adjacent to an activating group) is 1. The second-order valence-electron chi connectivity index (χ2n) is 6.50. The average Bonchev–Trinajstić information content (AvgIpc) is 3.21. The lowest BCUT2D eigenvalue weighted by molar-refractivity contribution is -0.126. The molecule has 2 saturated carbocycles. The number of methoxy groups -OCH3 is 1.